The van der Waals surface area contributed by atoms with Crippen molar-refractivity contribution in [2.45, 2.75) is 13.8 Å². The Kier molecular flexibility index (Phi) is 2.67. The minimum Gasteiger partial charge on any atom is -0.382 e. The quantitative estimate of drug-likeness (QED) is 0.718. The van der Waals surface area contributed by atoms with Gasteiger partial charge < -0.3 is 5.73 Å². The van der Waals surface area contributed by atoms with Crippen molar-refractivity contribution in [2.75, 3.05) is 5.73 Å². The van der Waals surface area contributed by atoms with Crippen LogP contribution in [0.5, 0.6) is 0 Å². The van der Waals surface area contributed by atoms with Gasteiger partial charge in [0.2, 0.25) is 0 Å². The fraction of sp³-hybridized carbons (Fsp3) is 0.125. The van der Waals surface area contributed by atoms with Crippen LogP contribution in [-0.4, -0.2) is 10.2 Å². The van der Waals surface area contributed by atoms with Crippen LogP contribution in [0.25, 0.3) is 22.0 Å². The molecule has 2 aromatic carbocycles. The lowest BCUT2D eigenvalue weighted by Crippen LogP contribution is -2.02. The number of nitrogen functional groups attached to an aromatic ring is 1. The number of hydrogen-bond acceptors (Lipinski definition) is 3. The molecule has 3 rings (SSSR count). The fourth-order valence-corrected chi connectivity index (χ4v) is 2.31. The zero-order chi connectivity index (χ0) is 13.4. The molecule has 0 amide bonds. The number of nitrogens with zero attached hydrogens (tertiary/aromatic N) is 2. The standard InChI is InChI=1S/C16H15N3/c1-10-11(2)16(17)19-18-15(10)14-9-5-7-12-6-3-4-8-13(12)14/h3-9H,1-2H3,(H2,17,19). The van der Waals surface area contributed by atoms with E-state index >= 15 is 0 Å². The molecular weight excluding hydrogens is 234 g/mol. The number of aromatic nitrogens is 2. The third-order valence-corrected chi connectivity index (χ3v) is 3.60. The van der Waals surface area contributed by atoms with E-state index in [4.69, 9.17) is 5.73 Å². The molecule has 2 N–H and O–H groups in total. The summed E-state index contributed by atoms with van der Waals surface area (Å²) in [5, 5.41) is 10.7. The van der Waals surface area contributed by atoms with Crippen molar-refractivity contribution in [1.82, 2.24) is 10.2 Å². The SMILES string of the molecule is Cc1c(N)nnc(-c2cccc3ccccc23)c1C. The van der Waals surface area contributed by atoms with Gasteiger partial charge in [-0.25, -0.2) is 0 Å². The Morgan fingerprint density at radius 1 is 0.842 bits per heavy atom. The Hall–Kier alpha value is -2.42. The van der Waals surface area contributed by atoms with Gasteiger partial charge in [-0.05, 0) is 35.7 Å². The van der Waals surface area contributed by atoms with Gasteiger partial charge >= 0.3 is 0 Å². The number of anilines is 1. The maximum absolute atomic E-state index is 5.81. The monoisotopic (exact) mass is 249 g/mol. The van der Waals surface area contributed by atoms with Crippen molar-refractivity contribution >= 4 is 16.6 Å². The first-order valence-corrected chi connectivity index (χ1v) is 6.26. The molecule has 1 aromatic heterocycles. The van der Waals surface area contributed by atoms with E-state index in [9.17, 15) is 0 Å². The Labute approximate surface area is 112 Å². The smallest absolute Gasteiger partial charge is 0.149 e. The minimum absolute atomic E-state index is 0.501. The van der Waals surface area contributed by atoms with E-state index in [1.807, 2.05) is 32.0 Å². The average Bonchev–Trinajstić information content (AvgIpc) is 2.45. The van der Waals surface area contributed by atoms with E-state index in [-0.39, 0.29) is 0 Å². The topological polar surface area (TPSA) is 51.8 Å². The lowest BCUT2D eigenvalue weighted by molar-refractivity contribution is 1.02. The molecule has 3 aromatic rings. The van der Waals surface area contributed by atoms with E-state index < -0.39 is 0 Å². The molecule has 0 radical (unpaired) electrons. The average molecular weight is 249 g/mol. The molecule has 0 saturated heterocycles. The maximum Gasteiger partial charge on any atom is 0.149 e. The first-order chi connectivity index (χ1) is 9.18. The van der Waals surface area contributed by atoms with Gasteiger partial charge in [0.1, 0.15) is 5.82 Å². The molecule has 0 aliphatic heterocycles. The molecule has 3 heteroatoms. The van der Waals surface area contributed by atoms with Crippen molar-refractivity contribution in [2.24, 2.45) is 0 Å². The predicted molar refractivity (Wildman–Crippen MR) is 78.9 cm³/mol. The largest absolute Gasteiger partial charge is 0.382 e. The molecule has 0 bridgehead atoms. The summed E-state index contributed by atoms with van der Waals surface area (Å²) in [6.07, 6.45) is 0. The lowest BCUT2D eigenvalue weighted by Gasteiger charge is -2.11. The molecule has 94 valence electrons. The molecule has 0 saturated carbocycles. The van der Waals surface area contributed by atoms with Gasteiger partial charge in [-0.1, -0.05) is 42.5 Å². The summed E-state index contributed by atoms with van der Waals surface area (Å²) >= 11 is 0. The second-order valence-corrected chi connectivity index (χ2v) is 4.71. The van der Waals surface area contributed by atoms with E-state index in [1.54, 1.807) is 0 Å². The van der Waals surface area contributed by atoms with Crippen molar-refractivity contribution in [3.63, 3.8) is 0 Å². The summed E-state index contributed by atoms with van der Waals surface area (Å²) in [5.41, 5.74) is 9.90. The van der Waals surface area contributed by atoms with E-state index in [0.29, 0.717) is 5.82 Å². The van der Waals surface area contributed by atoms with Crippen molar-refractivity contribution in [1.29, 1.82) is 0 Å². The van der Waals surface area contributed by atoms with Gasteiger partial charge in [-0.15, -0.1) is 10.2 Å². The van der Waals surface area contributed by atoms with E-state index in [1.165, 1.54) is 10.8 Å². The van der Waals surface area contributed by atoms with Gasteiger partial charge in [0.15, 0.2) is 0 Å². The van der Waals surface area contributed by atoms with E-state index in [0.717, 1.165) is 22.4 Å². The second kappa shape index (κ2) is 4.35. The minimum atomic E-state index is 0.501. The summed E-state index contributed by atoms with van der Waals surface area (Å²) in [6.45, 7) is 4.02. The molecule has 0 atom stereocenters. The zero-order valence-electron chi connectivity index (χ0n) is 11.0. The zero-order valence-corrected chi connectivity index (χ0v) is 11.0. The van der Waals surface area contributed by atoms with Crippen LogP contribution < -0.4 is 5.73 Å². The Bertz CT molecular complexity index is 758. The molecular formula is C16H15N3. The maximum atomic E-state index is 5.81. The molecule has 0 aliphatic rings. The highest BCUT2D eigenvalue weighted by molar-refractivity contribution is 5.96. The van der Waals surface area contributed by atoms with Crippen molar-refractivity contribution in [3.05, 3.63) is 53.6 Å². The Morgan fingerprint density at radius 3 is 2.42 bits per heavy atom. The molecule has 1 heterocycles. The lowest BCUT2D eigenvalue weighted by atomic mass is 9.98. The van der Waals surface area contributed by atoms with Crippen LogP contribution in [0.1, 0.15) is 11.1 Å². The van der Waals surface area contributed by atoms with Crippen molar-refractivity contribution in [3.8, 4) is 11.3 Å². The number of nitrogens with two attached hydrogens (primary N) is 1. The number of rotatable bonds is 1. The molecule has 3 nitrogen and oxygen atoms in total. The molecule has 19 heavy (non-hydrogen) atoms. The number of hydrogen-bond donors (Lipinski definition) is 1. The first kappa shape index (κ1) is 11.7. The molecule has 0 aliphatic carbocycles. The first-order valence-electron chi connectivity index (χ1n) is 6.26. The third-order valence-electron chi connectivity index (χ3n) is 3.60. The van der Waals surface area contributed by atoms with Crippen LogP contribution in [0.4, 0.5) is 5.82 Å². The summed E-state index contributed by atoms with van der Waals surface area (Å²) in [7, 11) is 0. The van der Waals surface area contributed by atoms with Crippen LogP contribution in [0.3, 0.4) is 0 Å². The van der Waals surface area contributed by atoms with Crippen LogP contribution in [0.15, 0.2) is 42.5 Å². The van der Waals surface area contributed by atoms with Crippen LogP contribution >= 0.6 is 0 Å². The highest BCUT2D eigenvalue weighted by Gasteiger charge is 2.11. The molecule has 0 spiro atoms. The highest BCUT2D eigenvalue weighted by atomic mass is 15.1. The summed E-state index contributed by atoms with van der Waals surface area (Å²) < 4.78 is 0. The Balaban J connectivity index is 2.34. The van der Waals surface area contributed by atoms with Crippen LogP contribution in [-0.2, 0) is 0 Å². The number of fused-ring (bicyclic) bond motifs is 1. The van der Waals surface area contributed by atoms with Gasteiger partial charge in [0.25, 0.3) is 0 Å². The van der Waals surface area contributed by atoms with Gasteiger partial charge in [0.05, 0.1) is 5.69 Å². The van der Waals surface area contributed by atoms with Gasteiger partial charge in [0, 0.05) is 5.56 Å². The van der Waals surface area contributed by atoms with Crippen LogP contribution in [0.2, 0.25) is 0 Å². The summed E-state index contributed by atoms with van der Waals surface area (Å²) in [6, 6.07) is 14.5. The summed E-state index contributed by atoms with van der Waals surface area (Å²) in [5.74, 6) is 0.501. The van der Waals surface area contributed by atoms with Crippen LogP contribution in [0, 0.1) is 13.8 Å². The summed E-state index contributed by atoms with van der Waals surface area (Å²) in [4.78, 5) is 0. The predicted octanol–water partition coefficient (Wildman–Crippen LogP) is 3.50. The normalized spacial score (nSPS) is 10.8. The van der Waals surface area contributed by atoms with Gasteiger partial charge in [-0.3, -0.25) is 0 Å². The number of benzene rings is 2. The van der Waals surface area contributed by atoms with E-state index in [2.05, 4.69) is 34.5 Å². The molecule has 0 unspecified atom stereocenters. The molecule has 0 fully saturated rings. The third kappa shape index (κ3) is 1.83. The van der Waals surface area contributed by atoms with Gasteiger partial charge in [-0.2, -0.15) is 0 Å². The second-order valence-electron chi connectivity index (χ2n) is 4.71. The van der Waals surface area contributed by atoms with Crippen molar-refractivity contribution < 1.29 is 0 Å². The highest BCUT2D eigenvalue weighted by Crippen LogP contribution is 2.30. The fourth-order valence-electron chi connectivity index (χ4n) is 2.31. The Morgan fingerprint density at radius 2 is 1.58 bits per heavy atom.